The summed E-state index contributed by atoms with van der Waals surface area (Å²) < 4.78 is 0. The number of carboxylic acid groups (broad SMARTS) is 1. The first kappa shape index (κ1) is 22.8. The van der Waals surface area contributed by atoms with Gasteiger partial charge in [0.1, 0.15) is 0 Å². The second-order valence-corrected chi connectivity index (χ2v) is 7.13. The zero-order valence-corrected chi connectivity index (χ0v) is 15.4. The van der Waals surface area contributed by atoms with Gasteiger partial charge < -0.3 is 25.5 Å². The van der Waals surface area contributed by atoms with Crippen LogP contribution in [0.2, 0.25) is 0 Å². The molecule has 1 rings (SSSR count). The minimum atomic E-state index is -0.798. The maximum Gasteiger partial charge on any atom is 0.303 e. The van der Waals surface area contributed by atoms with E-state index >= 15 is 0 Å². The van der Waals surface area contributed by atoms with E-state index in [-0.39, 0.29) is 24.9 Å². The van der Waals surface area contributed by atoms with Crippen molar-refractivity contribution in [2.75, 3.05) is 6.61 Å². The van der Waals surface area contributed by atoms with Crippen molar-refractivity contribution in [3.8, 4) is 0 Å². The summed E-state index contributed by atoms with van der Waals surface area (Å²) in [7, 11) is 0. The van der Waals surface area contributed by atoms with Crippen LogP contribution in [0.5, 0.6) is 0 Å². The molecule has 0 aromatic rings. The molecular weight excluding hydrogens is 336 g/mol. The molecule has 0 unspecified atom stereocenters. The van der Waals surface area contributed by atoms with Crippen LogP contribution in [0, 0.1) is 11.8 Å². The van der Waals surface area contributed by atoms with Crippen LogP contribution in [-0.4, -0.2) is 56.4 Å². The number of unbranched alkanes of at least 4 members (excludes halogenated alkanes) is 3. The van der Waals surface area contributed by atoms with Gasteiger partial charge in [-0.3, -0.25) is 4.79 Å². The molecule has 6 nitrogen and oxygen atoms in total. The Balaban J connectivity index is 2.44. The first-order valence-electron chi connectivity index (χ1n) is 9.65. The van der Waals surface area contributed by atoms with Gasteiger partial charge in [0.15, 0.2) is 0 Å². The number of aliphatic hydroxyl groups excluding tert-OH is 4. The van der Waals surface area contributed by atoms with Crippen molar-refractivity contribution in [1.82, 2.24) is 0 Å². The predicted octanol–water partition coefficient (Wildman–Crippen LogP) is 2.02. The van der Waals surface area contributed by atoms with Crippen molar-refractivity contribution in [2.45, 2.75) is 76.1 Å². The van der Waals surface area contributed by atoms with E-state index in [4.69, 9.17) is 10.2 Å². The Hall–Kier alpha value is -1.21. The van der Waals surface area contributed by atoms with Crippen LogP contribution in [0.25, 0.3) is 0 Å². The van der Waals surface area contributed by atoms with Gasteiger partial charge in [0.2, 0.25) is 0 Å². The number of hydrogen-bond acceptors (Lipinski definition) is 5. The normalized spacial score (nSPS) is 27.5. The Kier molecular flexibility index (Phi) is 11.4. The fourth-order valence-electron chi connectivity index (χ4n) is 3.44. The van der Waals surface area contributed by atoms with Gasteiger partial charge in [-0.25, -0.2) is 0 Å². The molecule has 0 aromatic carbocycles. The molecule has 0 bridgehead atoms. The Bertz CT molecular complexity index is 448. The molecule has 0 aliphatic heterocycles. The predicted molar refractivity (Wildman–Crippen MR) is 99.6 cm³/mol. The molecule has 1 saturated carbocycles. The van der Waals surface area contributed by atoms with Gasteiger partial charge in [-0.15, -0.1) is 0 Å². The molecule has 0 radical (unpaired) electrons. The van der Waals surface area contributed by atoms with Gasteiger partial charge in [-0.05, 0) is 38.0 Å². The topological polar surface area (TPSA) is 118 Å². The van der Waals surface area contributed by atoms with E-state index in [1.54, 1.807) is 6.08 Å². The Morgan fingerprint density at radius 2 is 1.85 bits per heavy atom. The van der Waals surface area contributed by atoms with Crippen molar-refractivity contribution in [2.24, 2.45) is 11.8 Å². The van der Waals surface area contributed by atoms with Gasteiger partial charge in [0.05, 0.1) is 18.3 Å². The molecule has 5 N–H and O–H groups in total. The number of allylic oxidation sites excluding steroid dienone is 2. The van der Waals surface area contributed by atoms with Crippen molar-refractivity contribution in [1.29, 1.82) is 0 Å². The standard InChI is InChI=1S/C20H34O6/c21-13-7-3-4-8-15(22)11-12-17-16(18(23)14-19(17)24)9-5-1-2-6-10-20(25)26/h1,5,11-12,15-19,21-24H,2-4,6-10,13-14H2,(H,25,26)/t15-,16+,17+,18-,19+/m0/s1. The largest absolute Gasteiger partial charge is 0.481 e. The maximum atomic E-state index is 10.5. The van der Waals surface area contributed by atoms with E-state index in [2.05, 4.69) is 0 Å². The lowest BCUT2D eigenvalue weighted by atomic mass is 9.89. The van der Waals surface area contributed by atoms with E-state index in [9.17, 15) is 20.1 Å². The van der Waals surface area contributed by atoms with Crippen LogP contribution in [0.3, 0.4) is 0 Å². The number of aliphatic hydroxyl groups is 4. The number of carboxylic acids is 1. The molecule has 0 amide bonds. The lowest BCUT2D eigenvalue weighted by Crippen LogP contribution is -2.20. The average molecular weight is 370 g/mol. The van der Waals surface area contributed by atoms with Gasteiger partial charge in [-0.2, -0.15) is 0 Å². The van der Waals surface area contributed by atoms with Crippen LogP contribution >= 0.6 is 0 Å². The molecule has 0 aromatic heterocycles. The first-order valence-corrected chi connectivity index (χ1v) is 9.65. The highest BCUT2D eigenvalue weighted by Crippen LogP contribution is 2.36. The Morgan fingerprint density at radius 3 is 2.54 bits per heavy atom. The fourth-order valence-corrected chi connectivity index (χ4v) is 3.44. The van der Waals surface area contributed by atoms with E-state index in [0.29, 0.717) is 32.1 Å². The van der Waals surface area contributed by atoms with Gasteiger partial charge in [0, 0.05) is 25.4 Å². The number of rotatable bonds is 13. The number of hydrogen-bond donors (Lipinski definition) is 5. The van der Waals surface area contributed by atoms with E-state index in [0.717, 1.165) is 19.3 Å². The molecule has 6 heteroatoms. The SMILES string of the molecule is O=C(O)CCCC=CC[C@@H]1[C@@H](C=C[C@@H](O)CCCCCO)[C@H](O)C[C@@H]1O. The first-order chi connectivity index (χ1) is 12.5. The van der Waals surface area contributed by atoms with Gasteiger partial charge >= 0.3 is 5.97 Å². The van der Waals surface area contributed by atoms with Crippen LogP contribution in [0.15, 0.2) is 24.3 Å². The summed E-state index contributed by atoms with van der Waals surface area (Å²) in [5, 5.41) is 47.7. The number of carbonyl (C=O) groups is 1. The van der Waals surface area contributed by atoms with E-state index in [1.807, 2.05) is 18.2 Å². The molecule has 1 aliphatic rings. The van der Waals surface area contributed by atoms with Crippen molar-refractivity contribution < 1.29 is 30.3 Å². The minimum Gasteiger partial charge on any atom is -0.481 e. The number of aliphatic carboxylic acids is 1. The lowest BCUT2D eigenvalue weighted by Gasteiger charge is -2.19. The molecule has 0 heterocycles. The second kappa shape index (κ2) is 13.0. The molecule has 1 aliphatic carbocycles. The van der Waals surface area contributed by atoms with Crippen LogP contribution < -0.4 is 0 Å². The summed E-state index contributed by atoms with van der Waals surface area (Å²) >= 11 is 0. The Labute approximate surface area is 155 Å². The highest BCUT2D eigenvalue weighted by molar-refractivity contribution is 5.66. The summed E-state index contributed by atoms with van der Waals surface area (Å²) in [4.78, 5) is 10.5. The summed E-state index contributed by atoms with van der Waals surface area (Å²) in [6.45, 7) is 0.170. The molecule has 5 atom stereocenters. The second-order valence-electron chi connectivity index (χ2n) is 7.13. The Morgan fingerprint density at radius 1 is 1.08 bits per heavy atom. The molecule has 1 fully saturated rings. The highest BCUT2D eigenvalue weighted by Gasteiger charge is 2.39. The monoisotopic (exact) mass is 370 g/mol. The quantitative estimate of drug-likeness (QED) is 0.250. The summed E-state index contributed by atoms with van der Waals surface area (Å²) in [5.74, 6) is -1.09. The van der Waals surface area contributed by atoms with E-state index < -0.39 is 24.3 Å². The molecule has 150 valence electrons. The van der Waals surface area contributed by atoms with Crippen molar-refractivity contribution in [3.63, 3.8) is 0 Å². The maximum absolute atomic E-state index is 10.5. The van der Waals surface area contributed by atoms with Gasteiger partial charge in [0.25, 0.3) is 0 Å². The fraction of sp³-hybridized carbons (Fsp3) is 0.750. The van der Waals surface area contributed by atoms with Crippen molar-refractivity contribution in [3.05, 3.63) is 24.3 Å². The van der Waals surface area contributed by atoms with Gasteiger partial charge in [-0.1, -0.05) is 37.1 Å². The third-order valence-corrected chi connectivity index (χ3v) is 4.97. The van der Waals surface area contributed by atoms with Crippen LogP contribution in [0.4, 0.5) is 0 Å². The molecule has 26 heavy (non-hydrogen) atoms. The average Bonchev–Trinajstić information content (AvgIpc) is 2.85. The summed E-state index contributed by atoms with van der Waals surface area (Å²) in [6.07, 6.45) is 11.1. The lowest BCUT2D eigenvalue weighted by molar-refractivity contribution is -0.137. The summed E-state index contributed by atoms with van der Waals surface area (Å²) in [6, 6.07) is 0. The molecule has 0 spiro atoms. The third kappa shape index (κ3) is 8.94. The smallest absolute Gasteiger partial charge is 0.303 e. The zero-order chi connectivity index (χ0) is 19.4. The highest BCUT2D eigenvalue weighted by atomic mass is 16.4. The minimum absolute atomic E-state index is 0.0986. The zero-order valence-electron chi connectivity index (χ0n) is 15.4. The molecular formula is C20H34O6. The van der Waals surface area contributed by atoms with Crippen LogP contribution in [0.1, 0.15) is 57.8 Å². The van der Waals surface area contributed by atoms with E-state index in [1.165, 1.54) is 0 Å². The third-order valence-electron chi connectivity index (χ3n) is 4.97. The summed E-state index contributed by atoms with van der Waals surface area (Å²) in [5.41, 5.74) is 0. The van der Waals surface area contributed by atoms with Crippen molar-refractivity contribution >= 4 is 5.97 Å². The molecule has 0 saturated heterocycles. The van der Waals surface area contributed by atoms with Crippen LogP contribution in [-0.2, 0) is 4.79 Å².